The second-order valence-electron chi connectivity index (χ2n) is 7.13. The summed E-state index contributed by atoms with van der Waals surface area (Å²) in [6.07, 6.45) is 13.7. The van der Waals surface area contributed by atoms with Crippen molar-refractivity contribution < 1.29 is 19.4 Å². The van der Waals surface area contributed by atoms with E-state index in [-0.39, 0.29) is 11.6 Å². The van der Waals surface area contributed by atoms with Crippen molar-refractivity contribution in [1.29, 1.82) is 0 Å². The molecule has 1 heterocycles. The molecule has 0 aromatic rings. The predicted molar refractivity (Wildman–Crippen MR) is 104 cm³/mol. The van der Waals surface area contributed by atoms with E-state index < -0.39 is 11.9 Å². The van der Waals surface area contributed by atoms with Crippen molar-refractivity contribution in [3.63, 3.8) is 0 Å². The van der Waals surface area contributed by atoms with Crippen molar-refractivity contribution in [2.45, 2.75) is 91.0 Å². The molecule has 0 spiro atoms. The zero-order valence-corrected chi connectivity index (χ0v) is 16.6. The molecule has 5 nitrogen and oxygen atoms in total. The summed E-state index contributed by atoms with van der Waals surface area (Å²) in [5.41, 5.74) is 1.06. The van der Waals surface area contributed by atoms with E-state index in [0.29, 0.717) is 17.9 Å². The predicted octanol–water partition coefficient (Wildman–Crippen LogP) is 4.73. The summed E-state index contributed by atoms with van der Waals surface area (Å²) >= 11 is 0. The minimum Gasteiger partial charge on any atom is -0.478 e. The lowest BCUT2D eigenvalue weighted by Crippen LogP contribution is -2.35. The molecule has 5 heteroatoms. The lowest BCUT2D eigenvalue weighted by atomic mass is 9.99. The number of carboxylic acid groups (broad SMARTS) is 1. The van der Waals surface area contributed by atoms with Crippen LogP contribution in [-0.4, -0.2) is 29.7 Å². The number of aliphatic carboxylic acids is 1. The van der Waals surface area contributed by atoms with Crippen molar-refractivity contribution >= 4 is 11.9 Å². The number of carbonyl (C=O) groups excluding carboxylic acids is 1. The molecule has 0 aliphatic carbocycles. The molecule has 1 aliphatic heterocycles. The van der Waals surface area contributed by atoms with Crippen molar-refractivity contribution in [2.24, 2.45) is 0 Å². The number of allylic oxidation sites excluding steroid dienone is 1. The van der Waals surface area contributed by atoms with Gasteiger partial charge in [0, 0.05) is 5.70 Å². The molecule has 0 bridgehead atoms. The Morgan fingerprint density at radius 3 is 2.12 bits per heavy atom. The summed E-state index contributed by atoms with van der Waals surface area (Å²) in [7, 11) is 0. The summed E-state index contributed by atoms with van der Waals surface area (Å²) in [5, 5.41) is 12.2. The van der Waals surface area contributed by atoms with Gasteiger partial charge in [-0.25, -0.2) is 9.59 Å². The molecule has 26 heavy (non-hydrogen) atoms. The Labute approximate surface area is 157 Å². The summed E-state index contributed by atoms with van der Waals surface area (Å²) in [5.74, 6) is -1.46. The Bertz CT molecular complexity index is 522. The van der Waals surface area contributed by atoms with E-state index in [2.05, 4.69) is 12.2 Å². The van der Waals surface area contributed by atoms with E-state index in [1.807, 2.05) is 6.92 Å². The Kier molecular flexibility index (Phi) is 10.7. The number of hydrogen-bond acceptors (Lipinski definition) is 4. The third-order valence-electron chi connectivity index (χ3n) is 4.80. The highest BCUT2D eigenvalue weighted by atomic mass is 16.5. The van der Waals surface area contributed by atoms with Crippen LogP contribution in [0, 0.1) is 0 Å². The van der Waals surface area contributed by atoms with Crippen LogP contribution in [0.25, 0.3) is 0 Å². The lowest BCUT2D eigenvalue weighted by Gasteiger charge is -2.23. The zero-order valence-electron chi connectivity index (χ0n) is 16.6. The van der Waals surface area contributed by atoms with Gasteiger partial charge >= 0.3 is 11.9 Å². The Balaban J connectivity index is 2.18. The van der Waals surface area contributed by atoms with Crippen molar-refractivity contribution in [2.75, 3.05) is 6.61 Å². The maximum Gasteiger partial charge on any atom is 0.337 e. The second kappa shape index (κ2) is 12.6. The molecular weight excluding hydrogens is 330 g/mol. The smallest absolute Gasteiger partial charge is 0.337 e. The number of carbonyl (C=O) groups is 2. The van der Waals surface area contributed by atoms with Crippen LogP contribution in [0.4, 0.5) is 0 Å². The number of hydrogen-bond donors (Lipinski definition) is 2. The SMILES string of the molecule is CCCCCCCCCCCCOC(=O)C1=CC(C(=O)O)=C(C)NC1C. The van der Waals surface area contributed by atoms with E-state index in [0.717, 1.165) is 12.8 Å². The van der Waals surface area contributed by atoms with Gasteiger partial charge < -0.3 is 15.2 Å². The lowest BCUT2D eigenvalue weighted by molar-refractivity contribution is -0.139. The van der Waals surface area contributed by atoms with Crippen LogP contribution >= 0.6 is 0 Å². The molecule has 0 fully saturated rings. The van der Waals surface area contributed by atoms with Gasteiger partial charge in [-0.15, -0.1) is 0 Å². The average Bonchev–Trinajstić information content (AvgIpc) is 2.59. The summed E-state index contributed by atoms with van der Waals surface area (Å²) in [6, 6.07) is -0.238. The minimum absolute atomic E-state index is 0.119. The first-order valence-corrected chi connectivity index (χ1v) is 10.1. The average molecular weight is 366 g/mol. The van der Waals surface area contributed by atoms with Crippen LogP contribution in [0.2, 0.25) is 0 Å². The highest BCUT2D eigenvalue weighted by Crippen LogP contribution is 2.19. The van der Waals surface area contributed by atoms with Gasteiger partial charge in [-0.1, -0.05) is 64.7 Å². The van der Waals surface area contributed by atoms with Crippen molar-refractivity contribution in [1.82, 2.24) is 5.32 Å². The molecule has 0 radical (unpaired) electrons. The van der Waals surface area contributed by atoms with Crippen molar-refractivity contribution in [3.8, 4) is 0 Å². The summed E-state index contributed by atoms with van der Waals surface area (Å²) < 4.78 is 5.32. The van der Waals surface area contributed by atoms with E-state index in [1.54, 1.807) is 6.92 Å². The van der Waals surface area contributed by atoms with E-state index in [4.69, 9.17) is 4.74 Å². The minimum atomic E-state index is -1.04. The molecule has 0 amide bonds. The Morgan fingerprint density at radius 2 is 1.58 bits per heavy atom. The monoisotopic (exact) mass is 365 g/mol. The number of ether oxygens (including phenoxy) is 1. The molecular formula is C21H35NO4. The standard InChI is InChI=1S/C21H35NO4/c1-4-5-6-7-8-9-10-11-12-13-14-26-21(25)19-15-18(20(23)24)16(2)22-17(19)3/h15,17,22H,4-14H2,1-3H3,(H,23,24). The first kappa shape index (κ1) is 22.3. The number of dihydropyridines is 1. The van der Waals surface area contributed by atoms with Gasteiger partial charge in [-0.2, -0.15) is 0 Å². The summed E-state index contributed by atoms with van der Waals surface area (Å²) in [4.78, 5) is 23.4. The molecule has 1 unspecified atom stereocenters. The molecule has 1 rings (SSSR count). The Morgan fingerprint density at radius 1 is 1.04 bits per heavy atom. The molecule has 2 N–H and O–H groups in total. The van der Waals surface area contributed by atoms with E-state index in [1.165, 1.54) is 57.4 Å². The van der Waals surface area contributed by atoms with Crippen LogP contribution in [0.15, 0.2) is 22.9 Å². The van der Waals surface area contributed by atoms with Crippen molar-refractivity contribution in [3.05, 3.63) is 22.9 Å². The molecule has 0 saturated heterocycles. The van der Waals surface area contributed by atoms with Gasteiger partial charge in [-0.05, 0) is 26.3 Å². The maximum absolute atomic E-state index is 12.2. The number of carboxylic acids is 1. The summed E-state index contributed by atoms with van der Waals surface area (Å²) in [6.45, 7) is 6.15. The quantitative estimate of drug-likeness (QED) is 0.365. The Hall–Kier alpha value is -1.78. The van der Waals surface area contributed by atoms with Gasteiger partial charge in [-0.3, -0.25) is 0 Å². The molecule has 0 aromatic heterocycles. The first-order chi connectivity index (χ1) is 12.5. The zero-order chi connectivity index (χ0) is 19.4. The molecule has 148 valence electrons. The van der Waals surface area contributed by atoms with Crippen LogP contribution < -0.4 is 5.32 Å². The largest absolute Gasteiger partial charge is 0.478 e. The van der Waals surface area contributed by atoms with E-state index >= 15 is 0 Å². The maximum atomic E-state index is 12.2. The first-order valence-electron chi connectivity index (χ1n) is 10.1. The number of unbranched alkanes of at least 4 members (excludes halogenated alkanes) is 9. The molecule has 0 saturated carbocycles. The number of esters is 1. The molecule has 0 aromatic carbocycles. The van der Waals surface area contributed by atoms with Crippen LogP contribution in [0.5, 0.6) is 0 Å². The van der Waals surface area contributed by atoms with Crippen LogP contribution in [-0.2, 0) is 14.3 Å². The third kappa shape index (κ3) is 8.07. The highest BCUT2D eigenvalue weighted by molar-refractivity contribution is 5.97. The fraction of sp³-hybridized carbons (Fsp3) is 0.714. The van der Waals surface area contributed by atoms with E-state index in [9.17, 15) is 14.7 Å². The van der Waals surface area contributed by atoms with Gasteiger partial charge in [0.15, 0.2) is 0 Å². The fourth-order valence-electron chi connectivity index (χ4n) is 3.16. The number of nitrogens with one attached hydrogen (secondary N) is 1. The van der Waals surface area contributed by atoms with Gasteiger partial charge in [0.1, 0.15) is 0 Å². The fourth-order valence-corrected chi connectivity index (χ4v) is 3.16. The molecule has 1 aliphatic rings. The third-order valence-corrected chi connectivity index (χ3v) is 4.80. The second-order valence-corrected chi connectivity index (χ2v) is 7.13. The van der Waals surface area contributed by atoms with Gasteiger partial charge in [0.25, 0.3) is 0 Å². The highest BCUT2D eigenvalue weighted by Gasteiger charge is 2.25. The molecule has 1 atom stereocenters. The normalized spacial score (nSPS) is 16.9. The van der Waals surface area contributed by atoms with Gasteiger partial charge in [0.2, 0.25) is 0 Å². The van der Waals surface area contributed by atoms with Crippen LogP contribution in [0.3, 0.4) is 0 Å². The topological polar surface area (TPSA) is 75.6 Å². The van der Waals surface area contributed by atoms with Crippen LogP contribution in [0.1, 0.15) is 85.0 Å². The number of rotatable bonds is 13. The van der Waals surface area contributed by atoms with Gasteiger partial charge in [0.05, 0.1) is 23.8 Å².